The highest BCUT2D eigenvalue weighted by molar-refractivity contribution is 6.02. The molecular formula is C17H13F2N5O. The molecule has 1 aromatic heterocycles. The van der Waals surface area contributed by atoms with Gasteiger partial charge < -0.3 is 4.74 Å². The Morgan fingerprint density at radius 2 is 1.80 bits per heavy atom. The van der Waals surface area contributed by atoms with Gasteiger partial charge in [0.05, 0.1) is 11.8 Å². The first-order chi connectivity index (χ1) is 12.2. The molecule has 0 radical (unpaired) electrons. The molecule has 0 N–H and O–H groups in total. The molecule has 4 rings (SSSR count). The van der Waals surface area contributed by atoms with Gasteiger partial charge in [0.15, 0.2) is 0 Å². The molecule has 2 heterocycles. The summed E-state index contributed by atoms with van der Waals surface area (Å²) in [5, 5.41) is 11.7. The largest absolute Gasteiger partial charge is 0.435 e. The van der Waals surface area contributed by atoms with Gasteiger partial charge in [0.25, 0.3) is 5.95 Å². The quantitative estimate of drug-likeness (QED) is 0.730. The first kappa shape index (κ1) is 15.4. The topological polar surface area (TPSA) is 65.2 Å². The summed E-state index contributed by atoms with van der Waals surface area (Å²) in [6, 6.07) is 16.1. The second-order valence-electron chi connectivity index (χ2n) is 5.52. The number of halogens is 2. The van der Waals surface area contributed by atoms with Crippen LogP contribution >= 0.6 is 0 Å². The van der Waals surface area contributed by atoms with E-state index >= 15 is 0 Å². The molecule has 1 unspecified atom stereocenters. The van der Waals surface area contributed by atoms with Crippen molar-refractivity contribution in [3.8, 4) is 5.75 Å². The number of nitrogens with zero attached hydrogens (tertiary/aromatic N) is 5. The molecule has 0 amide bonds. The van der Waals surface area contributed by atoms with Crippen molar-refractivity contribution in [3.63, 3.8) is 0 Å². The number of tetrazole rings is 1. The van der Waals surface area contributed by atoms with Crippen molar-refractivity contribution in [2.45, 2.75) is 19.1 Å². The van der Waals surface area contributed by atoms with E-state index in [9.17, 15) is 8.78 Å². The molecule has 1 aliphatic rings. The number of hydrogen-bond donors (Lipinski definition) is 0. The zero-order valence-electron chi connectivity index (χ0n) is 13.0. The number of aromatic nitrogens is 4. The third-order valence-electron chi connectivity index (χ3n) is 3.99. The summed E-state index contributed by atoms with van der Waals surface area (Å²) in [4.78, 5) is 4.53. The van der Waals surface area contributed by atoms with Gasteiger partial charge in [-0.3, -0.25) is 0 Å². The molecule has 0 aliphatic carbocycles. The minimum Gasteiger partial charge on any atom is -0.435 e. The maximum absolute atomic E-state index is 12.3. The Labute approximate surface area is 141 Å². The van der Waals surface area contributed by atoms with Gasteiger partial charge in [0.1, 0.15) is 5.75 Å². The monoisotopic (exact) mass is 341 g/mol. The lowest BCUT2D eigenvalue weighted by atomic mass is 9.96. The van der Waals surface area contributed by atoms with Gasteiger partial charge in [-0.2, -0.15) is 8.78 Å². The second-order valence-corrected chi connectivity index (χ2v) is 5.52. The van der Waals surface area contributed by atoms with E-state index in [-0.39, 0.29) is 11.8 Å². The zero-order chi connectivity index (χ0) is 17.2. The van der Waals surface area contributed by atoms with Crippen molar-refractivity contribution < 1.29 is 13.5 Å². The molecule has 2 aromatic carbocycles. The molecule has 0 bridgehead atoms. The van der Waals surface area contributed by atoms with E-state index in [1.807, 2.05) is 30.3 Å². The van der Waals surface area contributed by atoms with Crippen LogP contribution in [0.1, 0.15) is 23.6 Å². The van der Waals surface area contributed by atoms with Gasteiger partial charge in [-0.25, -0.2) is 9.67 Å². The fraction of sp³-hybridized carbons (Fsp3) is 0.176. The van der Waals surface area contributed by atoms with Gasteiger partial charge in [-0.1, -0.05) is 47.6 Å². The lowest BCUT2D eigenvalue weighted by Gasteiger charge is -2.23. The SMILES string of the molecule is FC(F)Oc1ccc(C2CC(c3ccccc3)=Nc3nnnn32)cc1. The second kappa shape index (κ2) is 6.39. The summed E-state index contributed by atoms with van der Waals surface area (Å²) in [7, 11) is 0. The Hall–Kier alpha value is -3.16. The first-order valence-corrected chi connectivity index (χ1v) is 7.66. The number of hydrogen-bond acceptors (Lipinski definition) is 5. The van der Waals surface area contributed by atoms with Crippen LogP contribution in [-0.2, 0) is 0 Å². The Balaban J connectivity index is 1.67. The van der Waals surface area contributed by atoms with Crippen LogP contribution in [0.3, 0.4) is 0 Å². The standard InChI is InChI=1S/C17H13F2N5O/c18-16(19)25-13-8-6-12(7-9-13)15-10-14(11-4-2-1-3-5-11)20-17-21-22-23-24(15)17/h1-9,15-16H,10H2. The third-order valence-corrected chi connectivity index (χ3v) is 3.99. The Kier molecular flexibility index (Phi) is 3.93. The molecule has 0 saturated heterocycles. The molecule has 25 heavy (non-hydrogen) atoms. The maximum Gasteiger partial charge on any atom is 0.387 e. The number of benzene rings is 2. The van der Waals surface area contributed by atoms with Crippen LogP contribution in [0.4, 0.5) is 14.7 Å². The molecule has 3 aromatic rings. The van der Waals surface area contributed by atoms with Crippen molar-refractivity contribution in [2.75, 3.05) is 0 Å². The normalized spacial score (nSPS) is 16.4. The Bertz CT molecular complexity index is 893. The van der Waals surface area contributed by atoms with E-state index in [1.54, 1.807) is 16.8 Å². The van der Waals surface area contributed by atoms with Gasteiger partial charge in [-0.15, -0.1) is 0 Å². The van der Waals surface area contributed by atoms with Crippen LogP contribution in [0.25, 0.3) is 0 Å². The molecule has 0 fully saturated rings. The lowest BCUT2D eigenvalue weighted by molar-refractivity contribution is -0.0498. The highest BCUT2D eigenvalue weighted by Crippen LogP contribution is 2.32. The summed E-state index contributed by atoms with van der Waals surface area (Å²) < 4.78 is 30.6. The number of aliphatic imine (C=N–C) groups is 1. The van der Waals surface area contributed by atoms with Crippen LogP contribution in [0.5, 0.6) is 5.75 Å². The predicted octanol–water partition coefficient (Wildman–Crippen LogP) is 3.39. The molecule has 0 spiro atoms. The highest BCUT2D eigenvalue weighted by Gasteiger charge is 2.26. The van der Waals surface area contributed by atoms with Crippen LogP contribution in [0.2, 0.25) is 0 Å². The molecular weight excluding hydrogens is 328 g/mol. The molecule has 1 atom stereocenters. The predicted molar refractivity (Wildman–Crippen MR) is 86.3 cm³/mol. The molecule has 126 valence electrons. The van der Waals surface area contributed by atoms with Crippen LogP contribution in [0.15, 0.2) is 59.6 Å². The van der Waals surface area contributed by atoms with Crippen molar-refractivity contribution >= 4 is 11.7 Å². The number of alkyl halides is 2. The van der Waals surface area contributed by atoms with Crippen LogP contribution < -0.4 is 4.74 Å². The fourth-order valence-electron chi connectivity index (χ4n) is 2.84. The number of ether oxygens (including phenoxy) is 1. The molecule has 8 heteroatoms. The van der Waals surface area contributed by atoms with Crippen molar-refractivity contribution in [2.24, 2.45) is 4.99 Å². The molecule has 0 saturated carbocycles. The minimum absolute atomic E-state index is 0.114. The van der Waals surface area contributed by atoms with Crippen molar-refractivity contribution in [1.29, 1.82) is 0 Å². The summed E-state index contributed by atoms with van der Waals surface area (Å²) in [6.07, 6.45) is 0.594. The van der Waals surface area contributed by atoms with E-state index in [0.717, 1.165) is 16.8 Å². The average molecular weight is 341 g/mol. The van der Waals surface area contributed by atoms with Gasteiger partial charge in [0.2, 0.25) is 0 Å². The van der Waals surface area contributed by atoms with Crippen molar-refractivity contribution in [3.05, 3.63) is 65.7 Å². The van der Waals surface area contributed by atoms with Gasteiger partial charge >= 0.3 is 6.61 Å². The molecule has 6 nitrogen and oxygen atoms in total. The number of rotatable bonds is 4. The average Bonchev–Trinajstić information content (AvgIpc) is 3.10. The summed E-state index contributed by atoms with van der Waals surface area (Å²) in [5.41, 5.74) is 2.76. The highest BCUT2D eigenvalue weighted by atomic mass is 19.3. The fourth-order valence-corrected chi connectivity index (χ4v) is 2.84. The molecule has 1 aliphatic heterocycles. The third kappa shape index (κ3) is 3.10. The minimum atomic E-state index is -2.84. The van der Waals surface area contributed by atoms with E-state index in [0.29, 0.717) is 12.4 Å². The first-order valence-electron chi connectivity index (χ1n) is 7.66. The van der Waals surface area contributed by atoms with E-state index < -0.39 is 6.61 Å². The van der Waals surface area contributed by atoms with Crippen LogP contribution in [-0.4, -0.2) is 32.5 Å². The number of fused-ring (bicyclic) bond motifs is 1. The zero-order valence-corrected chi connectivity index (χ0v) is 13.0. The maximum atomic E-state index is 12.3. The van der Waals surface area contributed by atoms with E-state index in [1.165, 1.54) is 12.1 Å². The summed E-state index contributed by atoms with van der Waals surface area (Å²) in [6.45, 7) is -2.84. The smallest absolute Gasteiger partial charge is 0.387 e. The summed E-state index contributed by atoms with van der Waals surface area (Å²) >= 11 is 0. The van der Waals surface area contributed by atoms with E-state index in [2.05, 4.69) is 25.3 Å². The van der Waals surface area contributed by atoms with Gasteiger partial charge in [-0.05, 0) is 33.7 Å². The van der Waals surface area contributed by atoms with Crippen molar-refractivity contribution in [1.82, 2.24) is 20.2 Å². The summed E-state index contributed by atoms with van der Waals surface area (Å²) in [5.74, 6) is 0.534. The Morgan fingerprint density at radius 1 is 1.04 bits per heavy atom. The van der Waals surface area contributed by atoms with Crippen LogP contribution in [0, 0.1) is 0 Å². The lowest BCUT2D eigenvalue weighted by Crippen LogP contribution is -2.21. The Morgan fingerprint density at radius 3 is 2.52 bits per heavy atom. The van der Waals surface area contributed by atoms with E-state index in [4.69, 9.17) is 0 Å². The van der Waals surface area contributed by atoms with Gasteiger partial charge in [0, 0.05) is 6.42 Å².